The number of amides is 1. The lowest BCUT2D eigenvalue weighted by Crippen LogP contribution is -2.15. The van der Waals surface area contributed by atoms with Gasteiger partial charge in [-0.05, 0) is 42.8 Å². The number of carbonyl (C=O) groups is 2. The third-order valence-corrected chi connectivity index (χ3v) is 5.24. The highest BCUT2D eigenvalue weighted by molar-refractivity contribution is 7.09. The number of nitrogens with zero attached hydrogens (tertiary/aromatic N) is 1. The van der Waals surface area contributed by atoms with E-state index in [1.165, 1.54) is 11.3 Å². The molecule has 1 amide bonds. The Balaban J connectivity index is 1.37. The van der Waals surface area contributed by atoms with Gasteiger partial charge in [0.1, 0.15) is 23.1 Å². The minimum Gasteiger partial charge on any atom is -0.497 e. The zero-order chi connectivity index (χ0) is 22.1. The molecule has 0 fully saturated rings. The van der Waals surface area contributed by atoms with Gasteiger partial charge in [0.2, 0.25) is 5.91 Å². The maximum atomic E-state index is 12.2. The molecular weight excluding hydrogens is 416 g/mol. The lowest BCUT2D eigenvalue weighted by atomic mass is 10.2. The summed E-state index contributed by atoms with van der Waals surface area (Å²) in [6.07, 6.45) is 0.296. The van der Waals surface area contributed by atoms with Gasteiger partial charge in [0, 0.05) is 11.1 Å². The van der Waals surface area contributed by atoms with Gasteiger partial charge < -0.3 is 19.5 Å². The smallest absolute Gasteiger partial charge is 0.309 e. The zero-order valence-corrected chi connectivity index (χ0v) is 18.2. The number of aromatic nitrogens is 1. The number of rotatable bonds is 10. The topological polar surface area (TPSA) is 86.8 Å². The number of para-hydroxylation sites is 1. The van der Waals surface area contributed by atoms with Crippen molar-refractivity contribution in [3.05, 3.63) is 70.2 Å². The van der Waals surface area contributed by atoms with E-state index >= 15 is 0 Å². The van der Waals surface area contributed by atoms with Gasteiger partial charge in [-0.2, -0.15) is 0 Å². The Kier molecular flexibility index (Phi) is 8.00. The monoisotopic (exact) mass is 440 g/mol. The van der Waals surface area contributed by atoms with Crippen molar-refractivity contribution in [2.75, 3.05) is 19.0 Å². The average molecular weight is 441 g/mol. The molecule has 0 bridgehead atoms. The van der Waals surface area contributed by atoms with Crippen LogP contribution in [0.25, 0.3) is 0 Å². The van der Waals surface area contributed by atoms with Gasteiger partial charge in [0.15, 0.2) is 0 Å². The first-order valence-electron chi connectivity index (χ1n) is 9.74. The summed E-state index contributed by atoms with van der Waals surface area (Å²) in [6, 6.07) is 14.7. The van der Waals surface area contributed by atoms with Gasteiger partial charge in [0.25, 0.3) is 0 Å². The number of thiazole rings is 1. The van der Waals surface area contributed by atoms with E-state index < -0.39 is 0 Å². The molecule has 1 heterocycles. The first-order chi connectivity index (χ1) is 15.0. The number of anilines is 1. The number of benzene rings is 2. The first kappa shape index (κ1) is 22.3. The van der Waals surface area contributed by atoms with Gasteiger partial charge in [-0.1, -0.05) is 18.2 Å². The minimum absolute atomic E-state index is 0.0667. The van der Waals surface area contributed by atoms with E-state index in [9.17, 15) is 9.59 Å². The normalized spacial score (nSPS) is 10.4. The summed E-state index contributed by atoms with van der Waals surface area (Å²) in [4.78, 5) is 28.5. The third kappa shape index (κ3) is 7.11. The van der Waals surface area contributed by atoms with Gasteiger partial charge in [-0.15, -0.1) is 11.3 Å². The second-order valence-corrected chi connectivity index (χ2v) is 7.65. The molecule has 0 aliphatic heterocycles. The van der Waals surface area contributed by atoms with Gasteiger partial charge in [0.05, 0.1) is 32.3 Å². The fraction of sp³-hybridized carbons (Fsp3) is 0.261. The molecule has 3 aromatic rings. The van der Waals surface area contributed by atoms with Crippen LogP contribution in [0.2, 0.25) is 0 Å². The molecule has 0 saturated carbocycles. The van der Waals surface area contributed by atoms with Crippen LogP contribution in [0.15, 0.2) is 53.9 Å². The van der Waals surface area contributed by atoms with E-state index in [-0.39, 0.29) is 37.9 Å². The van der Waals surface area contributed by atoms with Crippen LogP contribution in [0.5, 0.6) is 11.5 Å². The van der Waals surface area contributed by atoms with Crippen LogP contribution in [-0.4, -0.2) is 30.6 Å². The van der Waals surface area contributed by atoms with Crippen LogP contribution < -0.4 is 14.8 Å². The third-order valence-electron chi connectivity index (χ3n) is 4.35. The standard InChI is InChI=1S/C23H24N2O5S/c1-16-5-3-4-6-20(16)25-21(26)13-22-24-17(15-31-22)14-30-23(27)11-12-29-19-9-7-18(28-2)8-10-19/h3-10,15H,11-14H2,1-2H3,(H,25,26). The SMILES string of the molecule is COc1ccc(OCCC(=O)OCc2csc(CC(=O)Nc3ccccc3C)n2)cc1. The number of hydrogen-bond donors (Lipinski definition) is 1. The van der Waals surface area contributed by atoms with Crippen molar-refractivity contribution in [1.29, 1.82) is 0 Å². The number of methoxy groups -OCH3 is 1. The summed E-state index contributed by atoms with van der Waals surface area (Å²) >= 11 is 1.36. The molecule has 0 saturated heterocycles. The van der Waals surface area contributed by atoms with Crippen LogP contribution in [0.4, 0.5) is 5.69 Å². The van der Waals surface area contributed by atoms with Crippen molar-refractivity contribution in [3.8, 4) is 11.5 Å². The molecule has 0 aliphatic carbocycles. The number of nitrogens with one attached hydrogen (secondary N) is 1. The van der Waals surface area contributed by atoms with Crippen molar-refractivity contribution in [1.82, 2.24) is 4.98 Å². The number of hydrogen-bond acceptors (Lipinski definition) is 7. The Morgan fingerprint density at radius 2 is 1.81 bits per heavy atom. The average Bonchev–Trinajstić information content (AvgIpc) is 3.21. The molecule has 162 valence electrons. The lowest BCUT2D eigenvalue weighted by Gasteiger charge is -2.07. The van der Waals surface area contributed by atoms with E-state index in [1.54, 1.807) is 36.8 Å². The zero-order valence-electron chi connectivity index (χ0n) is 17.4. The van der Waals surface area contributed by atoms with E-state index in [2.05, 4.69) is 10.3 Å². The fourth-order valence-corrected chi connectivity index (χ4v) is 3.47. The van der Waals surface area contributed by atoms with Crippen LogP contribution in [-0.2, 0) is 27.4 Å². The highest BCUT2D eigenvalue weighted by atomic mass is 32.1. The van der Waals surface area contributed by atoms with Crippen molar-refractivity contribution < 1.29 is 23.8 Å². The Morgan fingerprint density at radius 3 is 2.55 bits per heavy atom. The molecule has 2 aromatic carbocycles. The van der Waals surface area contributed by atoms with Gasteiger partial charge in [-0.3, -0.25) is 9.59 Å². The number of esters is 1. The predicted octanol–water partition coefficient (Wildman–Crippen LogP) is 4.15. The lowest BCUT2D eigenvalue weighted by molar-refractivity contribution is -0.145. The Hall–Kier alpha value is -3.39. The molecule has 1 aromatic heterocycles. The van der Waals surface area contributed by atoms with Crippen LogP contribution >= 0.6 is 11.3 Å². The Bertz CT molecular complexity index is 1020. The Labute approximate surface area is 185 Å². The summed E-state index contributed by atoms with van der Waals surface area (Å²) in [5.74, 6) is 0.881. The second kappa shape index (κ2) is 11.1. The van der Waals surface area contributed by atoms with Crippen molar-refractivity contribution in [3.63, 3.8) is 0 Å². The van der Waals surface area contributed by atoms with Gasteiger partial charge >= 0.3 is 5.97 Å². The van der Waals surface area contributed by atoms with E-state index in [0.717, 1.165) is 17.0 Å². The van der Waals surface area contributed by atoms with Crippen molar-refractivity contribution in [2.24, 2.45) is 0 Å². The van der Waals surface area contributed by atoms with Gasteiger partial charge in [-0.25, -0.2) is 4.98 Å². The molecule has 0 atom stereocenters. The first-order valence-corrected chi connectivity index (χ1v) is 10.6. The summed E-state index contributed by atoms with van der Waals surface area (Å²) in [5, 5.41) is 5.34. The minimum atomic E-state index is -0.375. The number of aryl methyl sites for hydroxylation is 1. The summed E-state index contributed by atoms with van der Waals surface area (Å²) < 4.78 is 15.8. The van der Waals surface area contributed by atoms with E-state index in [4.69, 9.17) is 14.2 Å². The van der Waals surface area contributed by atoms with E-state index in [0.29, 0.717) is 16.5 Å². The predicted molar refractivity (Wildman–Crippen MR) is 119 cm³/mol. The molecule has 1 N–H and O–H groups in total. The summed E-state index contributed by atoms with van der Waals surface area (Å²) in [7, 11) is 1.59. The quantitative estimate of drug-likeness (QED) is 0.477. The van der Waals surface area contributed by atoms with Crippen LogP contribution in [0.1, 0.15) is 22.7 Å². The molecule has 7 nitrogen and oxygen atoms in total. The molecule has 0 spiro atoms. The molecule has 0 unspecified atom stereocenters. The molecule has 8 heteroatoms. The molecule has 0 radical (unpaired) electrons. The summed E-state index contributed by atoms with van der Waals surface area (Å²) in [5.41, 5.74) is 2.40. The summed E-state index contributed by atoms with van der Waals surface area (Å²) in [6.45, 7) is 2.22. The number of ether oxygens (including phenoxy) is 3. The van der Waals surface area contributed by atoms with Crippen molar-refractivity contribution in [2.45, 2.75) is 26.4 Å². The highest BCUT2D eigenvalue weighted by Gasteiger charge is 2.11. The molecule has 0 aliphatic rings. The molecule has 3 rings (SSSR count). The molecular formula is C23H24N2O5S. The second-order valence-electron chi connectivity index (χ2n) is 6.71. The fourth-order valence-electron chi connectivity index (χ4n) is 2.69. The van der Waals surface area contributed by atoms with E-state index in [1.807, 2.05) is 31.2 Å². The van der Waals surface area contributed by atoms with Crippen LogP contribution in [0.3, 0.4) is 0 Å². The van der Waals surface area contributed by atoms with Crippen molar-refractivity contribution >= 4 is 28.9 Å². The highest BCUT2D eigenvalue weighted by Crippen LogP contribution is 2.18. The molecule has 31 heavy (non-hydrogen) atoms. The number of carbonyl (C=O) groups excluding carboxylic acids is 2. The van der Waals surface area contributed by atoms with Crippen LogP contribution in [0, 0.1) is 6.92 Å². The maximum absolute atomic E-state index is 12.2. The maximum Gasteiger partial charge on any atom is 0.309 e. The largest absolute Gasteiger partial charge is 0.497 e. The Morgan fingerprint density at radius 1 is 1.06 bits per heavy atom.